The number of carbonyl (C=O) groups excluding carboxylic acids is 1. The Balaban J connectivity index is 1.41. The number of nitrogens with zero attached hydrogens (tertiary/aromatic N) is 3. The molecule has 1 aromatic carbocycles. The predicted molar refractivity (Wildman–Crippen MR) is 114 cm³/mol. The van der Waals surface area contributed by atoms with Crippen LogP contribution in [-0.4, -0.2) is 60.1 Å². The summed E-state index contributed by atoms with van der Waals surface area (Å²) in [5, 5.41) is 3.81. The third-order valence-electron chi connectivity index (χ3n) is 5.85. The van der Waals surface area contributed by atoms with Crippen molar-refractivity contribution in [2.45, 2.75) is 74.9 Å². The van der Waals surface area contributed by atoms with Crippen molar-refractivity contribution in [3.8, 4) is 11.4 Å². The van der Waals surface area contributed by atoms with Crippen LogP contribution in [0.3, 0.4) is 0 Å². The first kappa shape index (κ1) is 23.6. The van der Waals surface area contributed by atoms with Gasteiger partial charge in [0, 0.05) is 23.9 Å². The summed E-state index contributed by atoms with van der Waals surface area (Å²) in [7, 11) is -3.69. The third-order valence-corrected chi connectivity index (χ3v) is 6.98. The molecule has 1 aromatic heterocycles. The number of piperidine rings is 1. The van der Waals surface area contributed by atoms with Crippen molar-refractivity contribution < 1.29 is 31.6 Å². The van der Waals surface area contributed by atoms with Gasteiger partial charge in [0.15, 0.2) is 16.1 Å². The molecule has 1 amide bonds. The van der Waals surface area contributed by atoms with E-state index in [0.717, 1.165) is 31.2 Å². The summed E-state index contributed by atoms with van der Waals surface area (Å²) in [6.07, 6.45) is 2.27. The molecule has 4 rings (SSSR count). The predicted octanol–water partition coefficient (Wildman–Crippen LogP) is 2.79. The van der Waals surface area contributed by atoms with Gasteiger partial charge in [-0.2, -0.15) is 4.98 Å². The molecule has 3 atom stereocenters. The van der Waals surface area contributed by atoms with E-state index in [2.05, 4.69) is 10.1 Å². The molecule has 2 aliphatic rings. The number of amides is 1. The van der Waals surface area contributed by atoms with Gasteiger partial charge in [-0.1, -0.05) is 5.16 Å². The Morgan fingerprint density at radius 1 is 1.27 bits per heavy atom. The lowest BCUT2D eigenvalue weighted by atomic mass is 10.0. The highest BCUT2D eigenvalue weighted by atomic mass is 32.2. The van der Waals surface area contributed by atoms with E-state index in [-0.39, 0.29) is 47.7 Å². The first-order valence-corrected chi connectivity index (χ1v) is 12.7. The second-order valence-electron chi connectivity index (χ2n) is 8.75. The lowest BCUT2D eigenvalue weighted by Crippen LogP contribution is -2.49. The molecular formula is C21H27FN4O6S. The molecular weight excluding hydrogens is 455 g/mol. The summed E-state index contributed by atoms with van der Waals surface area (Å²) in [4.78, 5) is 18.0. The van der Waals surface area contributed by atoms with Crippen molar-refractivity contribution in [3.63, 3.8) is 0 Å². The van der Waals surface area contributed by atoms with Crippen LogP contribution in [0.15, 0.2) is 27.6 Å². The lowest BCUT2D eigenvalue weighted by molar-refractivity contribution is -0.0686. The topological polar surface area (TPSA) is 138 Å². The van der Waals surface area contributed by atoms with Gasteiger partial charge in [-0.25, -0.2) is 17.6 Å². The molecule has 0 saturated carbocycles. The fourth-order valence-electron chi connectivity index (χ4n) is 4.47. The molecule has 33 heavy (non-hydrogen) atoms. The number of halogens is 1. The molecule has 10 nitrogen and oxygen atoms in total. The standard InChI is InChI=1S/C21H27FN4O6S/c1-11(2)30-21(27)26-13-5-6-14(26)10-15(9-13)31-18(23)20-24-19(25-32-20)12-4-7-17(16(22)8-12)33(3,28)29/h4,7-8,11,13-15,18H,5-6,9-10,23H2,1-3H3/t13?,14?,15?,18-/m0/s1. The Labute approximate surface area is 191 Å². The quantitative estimate of drug-likeness (QED) is 0.616. The zero-order valence-corrected chi connectivity index (χ0v) is 19.4. The van der Waals surface area contributed by atoms with Crippen LogP contribution in [0.5, 0.6) is 0 Å². The van der Waals surface area contributed by atoms with Crippen molar-refractivity contribution >= 4 is 15.9 Å². The molecule has 0 spiro atoms. The first-order valence-electron chi connectivity index (χ1n) is 10.8. The molecule has 0 aliphatic carbocycles. The Kier molecular flexibility index (Phi) is 6.43. The molecule has 0 radical (unpaired) electrons. The van der Waals surface area contributed by atoms with Crippen LogP contribution in [0.25, 0.3) is 11.4 Å². The van der Waals surface area contributed by atoms with Gasteiger partial charge >= 0.3 is 6.09 Å². The number of sulfone groups is 1. The van der Waals surface area contributed by atoms with Gasteiger partial charge in [-0.15, -0.1) is 0 Å². The average Bonchev–Trinajstić information content (AvgIpc) is 3.30. The average molecular weight is 483 g/mol. The van der Waals surface area contributed by atoms with E-state index in [0.29, 0.717) is 12.8 Å². The summed E-state index contributed by atoms with van der Waals surface area (Å²) in [6, 6.07) is 3.63. The van der Waals surface area contributed by atoms with Crippen LogP contribution in [0.4, 0.5) is 9.18 Å². The highest BCUT2D eigenvalue weighted by molar-refractivity contribution is 7.90. The SMILES string of the molecule is CC(C)OC(=O)N1C2CCC1CC(O[C@H](N)c1nc(-c3ccc(S(C)(=O)=O)c(F)c3)no1)C2. The molecule has 2 N–H and O–H groups in total. The van der Waals surface area contributed by atoms with Crippen molar-refractivity contribution in [1.29, 1.82) is 0 Å². The molecule has 2 saturated heterocycles. The van der Waals surface area contributed by atoms with Gasteiger partial charge in [0.1, 0.15) is 10.7 Å². The van der Waals surface area contributed by atoms with Crippen LogP contribution in [0, 0.1) is 5.82 Å². The molecule has 2 unspecified atom stereocenters. The van der Waals surface area contributed by atoms with Crippen molar-refractivity contribution in [3.05, 3.63) is 29.9 Å². The van der Waals surface area contributed by atoms with Crippen molar-refractivity contribution in [2.75, 3.05) is 6.26 Å². The number of benzene rings is 1. The number of hydrogen-bond donors (Lipinski definition) is 1. The Bertz CT molecular complexity index is 1120. The molecule has 180 valence electrons. The molecule has 2 bridgehead atoms. The monoisotopic (exact) mass is 482 g/mol. The van der Waals surface area contributed by atoms with Crippen LogP contribution in [-0.2, 0) is 19.3 Å². The summed E-state index contributed by atoms with van der Waals surface area (Å²) >= 11 is 0. The summed E-state index contributed by atoms with van der Waals surface area (Å²) in [5.41, 5.74) is 6.37. The number of aromatic nitrogens is 2. The van der Waals surface area contributed by atoms with Crippen LogP contribution < -0.4 is 5.73 Å². The maximum atomic E-state index is 14.2. The van der Waals surface area contributed by atoms with Gasteiger partial charge < -0.3 is 18.9 Å². The number of fused-ring (bicyclic) bond motifs is 2. The Morgan fingerprint density at radius 2 is 1.94 bits per heavy atom. The van der Waals surface area contributed by atoms with Gasteiger partial charge in [0.25, 0.3) is 5.89 Å². The minimum atomic E-state index is -3.69. The van der Waals surface area contributed by atoms with E-state index in [4.69, 9.17) is 19.7 Å². The minimum Gasteiger partial charge on any atom is -0.447 e. The second-order valence-corrected chi connectivity index (χ2v) is 10.7. The maximum absolute atomic E-state index is 14.2. The molecule has 3 heterocycles. The van der Waals surface area contributed by atoms with Crippen molar-refractivity contribution in [1.82, 2.24) is 15.0 Å². The fraction of sp³-hybridized carbons (Fsp3) is 0.571. The lowest BCUT2D eigenvalue weighted by Gasteiger charge is -2.38. The summed E-state index contributed by atoms with van der Waals surface area (Å²) < 4.78 is 53.9. The molecule has 12 heteroatoms. The minimum absolute atomic E-state index is 0.0200. The number of rotatable bonds is 6. The van der Waals surface area contributed by atoms with E-state index in [1.165, 1.54) is 6.07 Å². The third kappa shape index (κ3) is 5.02. The van der Waals surface area contributed by atoms with E-state index >= 15 is 0 Å². The van der Waals surface area contributed by atoms with Crippen LogP contribution in [0.1, 0.15) is 51.6 Å². The van der Waals surface area contributed by atoms with Gasteiger partial charge in [0.2, 0.25) is 5.82 Å². The summed E-state index contributed by atoms with van der Waals surface area (Å²) in [6.45, 7) is 3.64. The zero-order valence-electron chi connectivity index (χ0n) is 18.6. The van der Waals surface area contributed by atoms with Crippen LogP contribution >= 0.6 is 0 Å². The van der Waals surface area contributed by atoms with E-state index in [1.807, 2.05) is 18.7 Å². The second kappa shape index (κ2) is 8.99. The highest BCUT2D eigenvalue weighted by Gasteiger charge is 2.45. The van der Waals surface area contributed by atoms with Crippen LogP contribution in [0.2, 0.25) is 0 Å². The largest absolute Gasteiger partial charge is 0.447 e. The maximum Gasteiger partial charge on any atom is 0.410 e. The normalized spacial score (nSPS) is 23.7. The highest BCUT2D eigenvalue weighted by Crippen LogP contribution is 2.38. The van der Waals surface area contributed by atoms with E-state index < -0.39 is 26.8 Å². The van der Waals surface area contributed by atoms with Gasteiger partial charge in [-0.3, -0.25) is 5.73 Å². The summed E-state index contributed by atoms with van der Waals surface area (Å²) in [5.74, 6) is -0.818. The number of carbonyl (C=O) groups is 1. The molecule has 2 aliphatic heterocycles. The number of ether oxygens (including phenoxy) is 2. The Hall–Kier alpha value is -2.57. The number of nitrogens with two attached hydrogens (primary N) is 1. The van der Waals surface area contributed by atoms with Crippen molar-refractivity contribution in [2.24, 2.45) is 5.73 Å². The number of hydrogen-bond acceptors (Lipinski definition) is 9. The van der Waals surface area contributed by atoms with Gasteiger partial charge in [-0.05, 0) is 57.7 Å². The fourth-order valence-corrected chi connectivity index (χ4v) is 5.20. The zero-order chi connectivity index (χ0) is 23.9. The molecule has 2 aromatic rings. The van der Waals surface area contributed by atoms with Gasteiger partial charge in [0.05, 0.1) is 12.2 Å². The molecule has 2 fully saturated rings. The van der Waals surface area contributed by atoms with E-state index in [1.54, 1.807) is 0 Å². The Morgan fingerprint density at radius 3 is 2.52 bits per heavy atom. The smallest absolute Gasteiger partial charge is 0.410 e. The van der Waals surface area contributed by atoms with E-state index in [9.17, 15) is 17.6 Å². The first-order chi connectivity index (χ1) is 15.5.